The highest BCUT2D eigenvalue weighted by Gasteiger charge is 2.11. The first-order chi connectivity index (χ1) is 9.97. The van der Waals surface area contributed by atoms with Crippen LogP contribution in [0.1, 0.15) is 38.8 Å². The fourth-order valence-electron chi connectivity index (χ4n) is 2.12. The van der Waals surface area contributed by atoms with Crippen molar-refractivity contribution in [3.05, 3.63) is 28.2 Å². The maximum Gasteiger partial charge on any atom is 0.305 e. The molecule has 6 nitrogen and oxygen atoms in total. The molecule has 1 rings (SSSR count). The third-order valence-electron chi connectivity index (χ3n) is 3.42. The third-order valence-corrected chi connectivity index (χ3v) is 3.42. The number of aryl methyl sites for hydroxylation is 1. The first kappa shape index (κ1) is 17.2. The predicted octanol–water partition coefficient (Wildman–Crippen LogP) is 1.65. The molecule has 0 fully saturated rings. The Balaban J connectivity index is 2.93. The molecular weight excluding hydrogens is 272 g/mol. The number of pyridine rings is 1. The maximum atomic E-state index is 11.6. The van der Waals surface area contributed by atoms with Crippen LogP contribution in [0.25, 0.3) is 0 Å². The van der Waals surface area contributed by atoms with E-state index in [-0.39, 0.29) is 18.7 Å². The van der Waals surface area contributed by atoms with Crippen molar-refractivity contribution in [2.45, 2.75) is 46.2 Å². The van der Waals surface area contributed by atoms with Gasteiger partial charge in [0.05, 0.1) is 12.6 Å². The van der Waals surface area contributed by atoms with Crippen molar-refractivity contribution in [1.29, 1.82) is 0 Å². The second-order valence-corrected chi connectivity index (χ2v) is 5.07. The molecule has 0 radical (unpaired) electrons. The zero-order valence-electron chi connectivity index (χ0n) is 12.7. The Morgan fingerprint density at radius 1 is 1.38 bits per heavy atom. The molecule has 0 aliphatic heterocycles. The molecule has 0 amide bonds. The Bertz CT molecular complexity index is 525. The van der Waals surface area contributed by atoms with Gasteiger partial charge in [-0.3, -0.25) is 14.5 Å². The average molecular weight is 296 g/mol. The van der Waals surface area contributed by atoms with Gasteiger partial charge in [-0.1, -0.05) is 20.3 Å². The summed E-state index contributed by atoms with van der Waals surface area (Å²) in [4.78, 5) is 24.5. The smallest absolute Gasteiger partial charge is 0.305 e. The van der Waals surface area contributed by atoms with Gasteiger partial charge < -0.3 is 14.8 Å². The zero-order valence-corrected chi connectivity index (χ0v) is 12.7. The summed E-state index contributed by atoms with van der Waals surface area (Å²) in [5.74, 6) is -1.25. The first-order valence-electron chi connectivity index (χ1n) is 7.34. The van der Waals surface area contributed by atoms with E-state index >= 15 is 0 Å². The summed E-state index contributed by atoms with van der Waals surface area (Å²) in [6.07, 6.45) is 3.45. The van der Waals surface area contributed by atoms with Gasteiger partial charge in [0.2, 0.25) is 5.43 Å². The SMILES string of the molecule is CCCCN(CC)Cc1cc(=O)c(O)cn1CCC(=O)O. The number of aromatic nitrogens is 1. The third kappa shape index (κ3) is 5.59. The van der Waals surface area contributed by atoms with E-state index in [0.29, 0.717) is 6.54 Å². The highest BCUT2D eigenvalue weighted by molar-refractivity contribution is 5.66. The van der Waals surface area contributed by atoms with Crippen LogP contribution in [0.5, 0.6) is 5.75 Å². The van der Waals surface area contributed by atoms with Crippen LogP contribution < -0.4 is 5.43 Å². The number of unbranched alkanes of at least 4 members (excludes halogenated alkanes) is 1. The lowest BCUT2D eigenvalue weighted by atomic mass is 10.2. The summed E-state index contributed by atoms with van der Waals surface area (Å²) in [7, 11) is 0. The van der Waals surface area contributed by atoms with E-state index in [1.165, 1.54) is 12.3 Å². The first-order valence-corrected chi connectivity index (χ1v) is 7.34. The van der Waals surface area contributed by atoms with E-state index in [2.05, 4.69) is 18.7 Å². The van der Waals surface area contributed by atoms with Crippen LogP contribution in [0.15, 0.2) is 17.1 Å². The summed E-state index contributed by atoms with van der Waals surface area (Å²) < 4.78 is 1.65. The monoisotopic (exact) mass is 296 g/mol. The molecule has 1 aromatic heterocycles. The molecular formula is C15H24N2O4. The average Bonchev–Trinajstić information content (AvgIpc) is 2.45. The van der Waals surface area contributed by atoms with Gasteiger partial charge in [-0.15, -0.1) is 0 Å². The summed E-state index contributed by atoms with van der Waals surface area (Å²) >= 11 is 0. The van der Waals surface area contributed by atoms with Crippen LogP contribution in [-0.4, -0.2) is 38.7 Å². The van der Waals surface area contributed by atoms with Crippen LogP contribution in [0.3, 0.4) is 0 Å². The molecule has 0 saturated carbocycles. The molecule has 0 bridgehead atoms. The standard InChI is InChI=1S/C15H24N2O4/c1-3-5-7-16(4-2)10-12-9-13(18)14(19)11-17(12)8-6-15(20)21/h9,11,19H,3-8,10H2,1-2H3,(H,20,21). The second kappa shape index (κ2) is 8.46. The highest BCUT2D eigenvalue weighted by atomic mass is 16.4. The fourth-order valence-corrected chi connectivity index (χ4v) is 2.12. The van der Waals surface area contributed by atoms with E-state index < -0.39 is 11.4 Å². The lowest BCUT2D eigenvalue weighted by Crippen LogP contribution is -2.27. The Morgan fingerprint density at radius 2 is 2.10 bits per heavy atom. The number of rotatable bonds is 9. The molecule has 1 aromatic rings. The van der Waals surface area contributed by atoms with Gasteiger partial charge in [-0.05, 0) is 19.5 Å². The number of aliphatic carboxylic acids is 1. The van der Waals surface area contributed by atoms with Crippen molar-refractivity contribution < 1.29 is 15.0 Å². The molecule has 0 saturated heterocycles. The Morgan fingerprint density at radius 3 is 2.67 bits per heavy atom. The minimum Gasteiger partial charge on any atom is -0.503 e. The second-order valence-electron chi connectivity index (χ2n) is 5.07. The van der Waals surface area contributed by atoms with Gasteiger partial charge >= 0.3 is 5.97 Å². The van der Waals surface area contributed by atoms with Crippen molar-refractivity contribution >= 4 is 5.97 Å². The fraction of sp³-hybridized carbons (Fsp3) is 0.600. The van der Waals surface area contributed by atoms with E-state index in [1.54, 1.807) is 4.57 Å². The van der Waals surface area contributed by atoms with Crippen LogP contribution in [0.4, 0.5) is 0 Å². The number of hydrogen-bond donors (Lipinski definition) is 2. The van der Waals surface area contributed by atoms with Crippen LogP contribution in [0.2, 0.25) is 0 Å². The van der Waals surface area contributed by atoms with Crippen LogP contribution in [0, 0.1) is 0 Å². The molecule has 21 heavy (non-hydrogen) atoms. The minimum atomic E-state index is -0.905. The van der Waals surface area contributed by atoms with E-state index in [9.17, 15) is 14.7 Å². The molecule has 6 heteroatoms. The van der Waals surface area contributed by atoms with Crippen molar-refractivity contribution in [2.24, 2.45) is 0 Å². The largest absolute Gasteiger partial charge is 0.503 e. The zero-order chi connectivity index (χ0) is 15.8. The molecule has 1 heterocycles. The number of carboxylic acids is 1. The number of carboxylic acid groups (broad SMARTS) is 1. The molecule has 118 valence electrons. The van der Waals surface area contributed by atoms with E-state index in [1.807, 2.05) is 0 Å². The van der Waals surface area contributed by atoms with Crippen LogP contribution >= 0.6 is 0 Å². The normalized spacial score (nSPS) is 11.0. The van der Waals surface area contributed by atoms with E-state index in [4.69, 9.17) is 5.11 Å². The number of aromatic hydroxyl groups is 1. The Hall–Kier alpha value is -1.82. The molecule has 2 N–H and O–H groups in total. The highest BCUT2D eigenvalue weighted by Crippen LogP contribution is 2.10. The predicted molar refractivity (Wildman–Crippen MR) is 80.5 cm³/mol. The quantitative estimate of drug-likeness (QED) is 0.724. The lowest BCUT2D eigenvalue weighted by molar-refractivity contribution is -0.137. The van der Waals surface area contributed by atoms with Crippen molar-refractivity contribution in [3.63, 3.8) is 0 Å². The Kier molecular flexibility index (Phi) is 6.94. The molecule has 0 aromatic carbocycles. The lowest BCUT2D eigenvalue weighted by Gasteiger charge is -2.22. The molecule has 0 spiro atoms. The van der Waals surface area contributed by atoms with Crippen molar-refractivity contribution in [2.75, 3.05) is 13.1 Å². The van der Waals surface area contributed by atoms with Gasteiger partial charge in [0.1, 0.15) is 0 Å². The van der Waals surface area contributed by atoms with Crippen LogP contribution in [-0.2, 0) is 17.9 Å². The summed E-state index contributed by atoms with van der Waals surface area (Å²) in [5.41, 5.74) is 0.306. The van der Waals surface area contributed by atoms with Crippen molar-refractivity contribution in [1.82, 2.24) is 9.47 Å². The summed E-state index contributed by atoms with van der Waals surface area (Å²) in [6.45, 7) is 6.78. The van der Waals surface area contributed by atoms with Gasteiger partial charge in [0.15, 0.2) is 5.75 Å². The number of carbonyl (C=O) groups is 1. The topological polar surface area (TPSA) is 82.8 Å². The van der Waals surface area contributed by atoms with Gasteiger partial charge in [-0.2, -0.15) is 0 Å². The van der Waals surface area contributed by atoms with Gasteiger partial charge in [0.25, 0.3) is 0 Å². The van der Waals surface area contributed by atoms with Gasteiger partial charge in [-0.25, -0.2) is 0 Å². The van der Waals surface area contributed by atoms with Crippen molar-refractivity contribution in [3.8, 4) is 5.75 Å². The number of nitrogens with zero attached hydrogens (tertiary/aromatic N) is 2. The molecule has 0 aliphatic carbocycles. The maximum absolute atomic E-state index is 11.6. The minimum absolute atomic E-state index is 0.0452. The van der Waals surface area contributed by atoms with E-state index in [0.717, 1.165) is 31.6 Å². The molecule has 0 atom stereocenters. The molecule has 0 aliphatic rings. The summed E-state index contributed by atoms with van der Waals surface area (Å²) in [6, 6.07) is 1.39. The van der Waals surface area contributed by atoms with Gasteiger partial charge in [0, 0.05) is 24.8 Å². The summed E-state index contributed by atoms with van der Waals surface area (Å²) in [5, 5.41) is 18.3. The Labute approximate surface area is 124 Å². The molecule has 0 unspecified atom stereocenters. The number of hydrogen-bond acceptors (Lipinski definition) is 4.